The summed E-state index contributed by atoms with van der Waals surface area (Å²) in [4.78, 5) is 45.3. The van der Waals surface area contributed by atoms with Gasteiger partial charge in [-0.05, 0) is 53.0 Å². The maximum atomic E-state index is 15.1. The Morgan fingerprint density at radius 1 is 1.23 bits per heavy atom. The fraction of sp³-hybridized carbons (Fsp3) is 0.517. The lowest BCUT2D eigenvalue weighted by Crippen LogP contribution is -2.59. The van der Waals surface area contributed by atoms with Gasteiger partial charge in [-0.2, -0.15) is 0 Å². The van der Waals surface area contributed by atoms with Crippen LogP contribution in [0.2, 0.25) is 0 Å². The van der Waals surface area contributed by atoms with E-state index in [1.165, 1.54) is 10.4 Å². The van der Waals surface area contributed by atoms with Crippen LogP contribution in [-0.4, -0.2) is 64.2 Å². The number of halogens is 1. The zero-order chi connectivity index (χ0) is 28.7. The number of nitrogens with zero attached hydrogens (tertiary/aromatic N) is 2. The lowest BCUT2D eigenvalue weighted by Gasteiger charge is -2.35. The minimum Gasteiger partial charge on any atom is -0.388 e. The summed E-state index contributed by atoms with van der Waals surface area (Å²) in [7, 11) is 0. The minimum absolute atomic E-state index is 0.128. The predicted octanol–water partition coefficient (Wildman–Crippen LogP) is 3.54. The number of aryl methyl sites for hydroxylation is 2. The van der Waals surface area contributed by atoms with Gasteiger partial charge in [-0.25, -0.2) is 11.0 Å². The van der Waals surface area contributed by atoms with Crippen molar-refractivity contribution in [1.29, 1.82) is 0 Å². The molecule has 0 spiro atoms. The van der Waals surface area contributed by atoms with E-state index < -0.39 is 53.0 Å². The van der Waals surface area contributed by atoms with E-state index in [2.05, 4.69) is 28.5 Å². The Bertz CT molecular complexity index is 1320. The molecular weight excluding hydrogens is 519 g/mol. The number of β-amino-alcohol motifs (C(OH)–C–C–N with tert-alkyl or cyclic N) is 1. The fourth-order valence-corrected chi connectivity index (χ4v) is 5.82. The van der Waals surface area contributed by atoms with Crippen molar-refractivity contribution in [2.24, 2.45) is 5.41 Å². The average Bonchev–Trinajstić information content (AvgIpc) is 3.48. The molecule has 4 atom stereocenters. The molecule has 0 bridgehead atoms. The first-order valence-corrected chi connectivity index (χ1v) is 13.9. The van der Waals surface area contributed by atoms with Crippen LogP contribution in [-0.2, 0) is 20.9 Å². The van der Waals surface area contributed by atoms with Crippen LogP contribution in [0.25, 0.3) is 15.3 Å². The Labute approximate surface area is 232 Å². The van der Waals surface area contributed by atoms with Crippen LogP contribution in [0.3, 0.4) is 0 Å². The Balaban J connectivity index is 1.49. The summed E-state index contributed by atoms with van der Waals surface area (Å²) in [5.41, 5.74) is 2.12. The van der Waals surface area contributed by atoms with Crippen LogP contribution >= 0.6 is 11.3 Å². The Morgan fingerprint density at radius 2 is 1.92 bits per heavy atom. The van der Waals surface area contributed by atoms with Crippen molar-refractivity contribution in [2.75, 3.05) is 6.54 Å². The van der Waals surface area contributed by atoms with Gasteiger partial charge in [0.2, 0.25) is 11.8 Å². The topological polar surface area (TPSA) is 103 Å². The van der Waals surface area contributed by atoms with E-state index >= 15 is 4.39 Å². The molecule has 39 heavy (non-hydrogen) atoms. The number of thiophene rings is 1. The molecular formula is C29H35FN4O4S. The number of aliphatic hydroxyl groups excluding tert-OH is 1. The Kier molecular flexibility index (Phi) is 7.88. The molecule has 1 aromatic heterocycles. The highest BCUT2D eigenvalue weighted by Gasteiger charge is 2.60. The lowest BCUT2D eigenvalue weighted by atomic mass is 9.85. The fourth-order valence-electron chi connectivity index (χ4n) is 4.89. The van der Waals surface area contributed by atoms with Gasteiger partial charge in [0.05, 0.1) is 6.54 Å². The second-order valence-electron chi connectivity index (χ2n) is 11.7. The third-order valence-corrected chi connectivity index (χ3v) is 8.67. The van der Waals surface area contributed by atoms with Crippen molar-refractivity contribution in [2.45, 2.75) is 83.9 Å². The highest BCUT2D eigenvalue weighted by Crippen LogP contribution is 2.40. The molecule has 8 nitrogen and oxygen atoms in total. The molecule has 10 heteroatoms. The van der Waals surface area contributed by atoms with Crippen LogP contribution in [0.4, 0.5) is 4.39 Å². The average molecular weight is 555 g/mol. The molecule has 3 N–H and O–H groups in total. The molecule has 1 aliphatic carbocycles. The van der Waals surface area contributed by atoms with E-state index in [4.69, 9.17) is 6.57 Å². The summed E-state index contributed by atoms with van der Waals surface area (Å²) in [5, 5.41) is 17.7. The maximum absolute atomic E-state index is 15.1. The van der Waals surface area contributed by atoms with Gasteiger partial charge >= 0.3 is 11.4 Å². The quantitative estimate of drug-likeness (QED) is 0.456. The highest BCUT2D eigenvalue weighted by atomic mass is 32.1. The van der Waals surface area contributed by atoms with E-state index in [1.54, 1.807) is 32.1 Å². The Hall–Kier alpha value is -3.29. The van der Waals surface area contributed by atoms with E-state index in [0.717, 1.165) is 21.6 Å². The van der Waals surface area contributed by atoms with Crippen molar-refractivity contribution in [3.63, 3.8) is 0 Å². The van der Waals surface area contributed by atoms with Crippen molar-refractivity contribution in [3.05, 3.63) is 57.8 Å². The molecule has 1 saturated carbocycles. The number of carbonyl (C=O) groups excluding carboxylic acids is 3. The summed E-state index contributed by atoms with van der Waals surface area (Å²) >= 11 is 1.66. The van der Waals surface area contributed by atoms with Gasteiger partial charge in [0.15, 0.2) is 6.17 Å². The first-order valence-electron chi connectivity index (χ1n) is 13.0. The molecule has 1 aliphatic heterocycles. The number of aliphatic hydroxyl groups is 1. The van der Waals surface area contributed by atoms with Crippen LogP contribution < -0.4 is 10.6 Å². The summed E-state index contributed by atoms with van der Waals surface area (Å²) < 4.78 is 15.1. The number of carbonyl (C=O) groups is 3. The summed E-state index contributed by atoms with van der Waals surface area (Å²) in [5.74, 6) is -1.92. The zero-order valence-corrected chi connectivity index (χ0v) is 23.7. The summed E-state index contributed by atoms with van der Waals surface area (Å²) in [6, 6.07) is 5.35. The summed E-state index contributed by atoms with van der Waals surface area (Å²) in [6.45, 7) is 16.3. The van der Waals surface area contributed by atoms with Crippen LogP contribution in [0.1, 0.15) is 50.3 Å². The number of nitrogens with one attached hydrogen (secondary N) is 2. The molecule has 4 rings (SSSR count). The van der Waals surface area contributed by atoms with E-state index in [0.29, 0.717) is 12.8 Å². The van der Waals surface area contributed by atoms with Gasteiger partial charge < -0.3 is 20.6 Å². The molecule has 3 amide bonds. The first-order chi connectivity index (χ1) is 18.3. The highest BCUT2D eigenvalue weighted by molar-refractivity contribution is 7.13. The Morgan fingerprint density at radius 3 is 2.46 bits per heavy atom. The number of hydrogen-bond donors (Lipinski definition) is 3. The molecule has 2 aromatic rings. The van der Waals surface area contributed by atoms with Crippen molar-refractivity contribution in [1.82, 2.24) is 15.5 Å². The molecule has 1 aromatic carbocycles. The van der Waals surface area contributed by atoms with Crippen molar-refractivity contribution >= 4 is 29.1 Å². The second kappa shape index (κ2) is 10.7. The maximum Gasteiger partial charge on any atom is 0.309 e. The monoisotopic (exact) mass is 554 g/mol. The third kappa shape index (κ3) is 5.70. The van der Waals surface area contributed by atoms with Gasteiger partial charge in [-0.15, -0.1) is 11.3 Å². The van der Waals surface area contributed by atoms with Gasteiger partial charge in [0.25, 0.3) is 0 Å². The normalized spacial score (nSPS) is 22.6. The molecule has 208 valence electrons. The molecule has 1 saturated heterocycles. The molecule has 0 unspecified atom stereocenters. The smallest absolute Gasteiger partial charge is 0.309 e. The molecule has 2 aliphatic rings. The molecule has 2 fully saturated rings. The van der Waals surface area contributed by atoms with Gasteiger partial charge in [0.1, 0.15) is 18.2 Å². The standard InChI is InChI=1S/C29H35FN4O4S/c1-16-9-12-39-23(16)18-7-8-19(17(2)13-18)14-32-25(36)22-21(30)20(35)15-34(22)26(37)24(28(3,4)5)33-27(38)29(31-6)10-11-29/h7-9,12-13,20-22,24,35H,10-11,14-15H2,1-5H3,(H,32,36)(H,33,38)/t20-,21-,22-,24+/m0/s1. The minimum atomic E-state index is -1.98. The summed E-state index contributed by atoms with van der Waals surface area (Å²) in [6.07, 6.45) is -2.68. The number of rotatable bonds is 7. The van der Waals surface area contributed by atoms with Gasteiger partial charge in [-0.1, -0.05) is 39.0 Å². The lowest BCUT2D eigenvalue weighted by molar-refractivity contribution is -0.145. The largest absolute Gasteiger partial charge is 0.388 e. The van der Waals surface area contributed by atoms with Crippen LogP contribution in [0.15, 0.2) is 29.6 Å². The molecule has 0 radical (unpaired) electrons. The zero-order valence-electron chi connectivity index (χ0n) is 22.9. The molecule has 2 heterocycles. The SMILES string of the molecule is [C-]#[N+]C1(C(=O)N[C@H](C(=O)N2C[C@H](O)[C@H](F)[C@H]2C(=O)NCc2ccc(-c3sccc3C)cc2C)C(C)(C)C)CC1. The van der Waals surface area contributed by atoms with Crippen molar-refractivity contribution < 1.29 is 23.9 Å². The van der Waals surface area contributed by atoms with E-state index in [9.17, 15) is 19.5 Å². The van der Waals surface area contributed by atoms with Crippen molar-refractivity contribution in [3.8, 4) is 10.4 Å². The third-order valence-electron chi connectivity index (χ3n) is 7.61. The van der Waals surface area contributed by atoms with Crippen LogP contribution in [0, 0.1) is 25.8 Å². The van der Waals surface area contributed by atoms with Gasteiger partial charge in [-0.3, -0.25) is 19.2 Å². The number of alkyl halides is 1. The number of likely N-dealkylation sites (tertiary alicyclic amines) is 1. The van der Waals surface area contributed by atoms with Crippen LogP contribution in [0.5, 0.6) is 0 Å². The first kappa shape index (κ1) is 28.7. The predicted molar refractivity (Wildman–Crippen MR) is 147 cm³/mol. The van der Waals surface area contributed by atoms with E-state index in [-0.39, 0.29) is 13.1 Å². The van der Waals surface area contributed by atoms with E-state index in [1.807, 2.05) is 30.5 Å². The number of hydrogen-bond acceptors (Lipinski definition) is 5. The number of benzene rings is 1. The second-order valence-corrected chi connectivity index (χ2v) is 12.6. The van der Waals surface area contributed by atoms with Gasteiger partial charge in [0, 0.05) is 24.3 Å². The number of amides is 3.